The molecule has 24 heavy (non-hydrogen) atoms. The molecule has 0 spiro atoms. The Balaban J connectivity index is 1.52. The molecule has 0 aromatic heterocycles. The summed E-state index contributed by atoms with van der Waals surface area (Å²) in [5.74, 6) is 1.07. The van der Waals surface area contributed by atoms with E-state index in [9.17, 15) is 9.59 Å². The van der Waals surface area contributed by atoms with Gasteiger partial charge in [0.05, 0.1) is 12.1 Å². The van der Waals surface area contributed by atoms with Gasteiger partial charge in [0, 0.05) is 13.1 Å². The lowest BCUT2D eigenvalue weighted by Gasteiger charge is -2.33. The van der Waals surface area contributed by atoms with Crippen LogP contribution in [-0.4, -0.2) is 49.5 Å². The van der Waals surface area contributed by atoms with Crippen molar-refractivity contribution >= 4 is 17.5 Å². The summed E-state index contributed by atoms with van der Waals surface area (Å²) in [6.07, 6.45) is 2.58. The molecular weight excluding hydrogens is 306 g/mol. The van der Waals surface area contributed by atoms with Gasteiger partial charge < -0.3 is 20.3 Å². The minimum absolute atomic E-state index is 0.00148. The zero-order chi connectivity index (χ0) is 16.9. The Morgan fingerprint density at radius 2 is 2.08 bits per heavy atom. The Labute approximate surface area is 142 Å². The topological polar surface area (TPSA) is 70.7 Å². The van der Waals surface area contributed by atoms with Gasteiger partial charge in [-0.1, -0.05) is 12.1 Å². The van der Waals surface area contributed by atoms with E-state index >= 15 is 0 Å². The van der Waals surface area contributed by atoms with Gasteiger partial charge in [0.25, 0.3) is 5.91 Å². The molecular formula is C18H25N3O3. The largest absolute Gasteiger partial charge is 0.478 e. The SMILES string of the molecule is CNCCC1CCN(C(=O)CC2Oc3ccccc3NC2=O)CC1. The molecule has 2 aliphatic rings. The number of benzene rings is 1. The fourth-order valence-corrected chi connectivity index (χ4v) is 3.33. The Morgan fingerprint density at radius 1 is 1.33 bits per heavy atom. The predicted molar refractivity (Wildman–Crippen MR) is 92.0 cm³/mol. The summed E-state index contributed by atoms with van der Waals surface area (Å²) < 4.78 is 5.71. The van der Waals surface area contributed by atoms with Crippen molar-refractivity contribution in [2.24, 2.45) is 5.92 Å². The first-order valence-corrected chi connectivity index (χ1v) is 8.66. The first-order chi connectivity index (χ1) is 11.7. The molecule has 1 aromatic carbocycles. The molecule has 0 aliphatic carbocycles. The maximum atomic E-state index is 12.5. The van der Waals surface area contributed by atoms with Gasteiger partial charge in [0.15, 0.2) is 6.10 Å². The van der Waals surface area contributed by atoms with E-state index in [-0.39, 0.29) is 18.2 Å². The second-order valence-electron chi connectivity index (χ2n) is 6.51. The number of hydrogen-bond donors (Lipinski definition) is 2. The van der Waals surface area contributed by atoms with Crippen LogP contribution in [0.15, 0.2) is 24.3 Å². The van der Waals surface area contributed by atoms with Crippen molar-refractivity contribution in [2.45, 2.75) is 31.8 Å². The summed E-state index contributed by atoms with van der Waals surface area (Å²) in [5.41, 5.74) is 0.663. The maximum absolute atomic E-state index is 12.5. The van der Waals surface area contributed by atoms with Crippen molar-refractivity contribution in [3.05, 3.63) is 24.3 Å². The van der Waals surface area contributed by atoms with E-state index in [0.717, 1.165) is 38.9 Å². The Morgan fingerprint density at radius 3 is 2.83 bits per heavy atom. The number of carbonyl (C=O) groups is 2. The summed E-state index contributed by atoms with van der Waals surface area (Å²) in [5, 5.41) is 5.98. The molecule has 0 bridgehead atoms. The van der Waals surface area contributed by atoms with E-state index in [0.29, 0.717) is 17.4 Å². The van der Waals surface area contributed by atoms with Crippen LogP contribution in [0.25, 0.3) is 0 Å². The summed E-state index contributed by atoms with van der Waals surface area (Å²) in [4.78, 5) is 26.5. The lowest BCUT2D eigenvalue weighted by Crippen LogP contribution is -2.44. The van der Waals surface area contributed by atoms with Gasteiger partial charge in [0.1, 0.15) is 5.75 Å². The molecule has 6 nitrogen and oxygen atoms in total. The molecule has 3 rings (SSSR count). The zero-order valence-corrected chi connectivity index (χ0v) is 14.1. The van der Waals surface area contributed by atoms with Gasteiger partial charge in [0.2, 0.25) is 5.91 Å². The quantitative estimate of drug-likeness (QED) is 0.860. The molecule has 2 N–H and O–H groups in total. The van der Waals surface area contributed by atoms with Gasteiger partial charge in [-0.2, -0.15) is 0 Å². The average Bonchev–Trinajstić information content (AvgIpc) is 2.61. The average molecular weight is 331 g/mol. The molecule has 2 aliphatic heterocycles. The molecule has 1 unspecified atom stereocenters. The molecule has 1 fully saturated rings. The molecule has 0 radical (unpaired) electrons. The second kappa shape index (κ2) is 7.66. The lowest BCUT2D eigenvalue weighted by molar-refractivity contribution is -0.138. The number of carbonyl (C=O) groups excluding carboxylic acids is 2. The van der Waals surface area contributed by atoms with Crippen LogP contribution in [0.1, 0.15) is 25.7 Å². The Hall–Kier alpha value is -2.08. The number of nitrogens with one attached hydrogen (secondary N) is 2. The summed E-state index contributed by atoms with van der Waals surface area (Å²) >= 11 is 0. The molecule has 6 heteroatoms. The van der Waals surface area contributed by atoms with Crippen LogP contribution in [0, 0.1) is 5.92 Å². The van der Waals surface area contributed by atoms with Crippen molar-refractivity contribution in [2.75, 3.05) is 32.0 Å². The molecule has 130 valence electrons. The first-order valence-electron chi connectivity index (χ1n) is 8.66. The monoisotopic (exact) mass is 331 g/mol. The fourth-order valence-electron chi connectivity index (χ4n) is 3.33. The van der Waals surface area contributed by atoms with Crippen LogP contribution < -0.4 is 15.4 Å². The number of rotatable bonds is 5. The third-order valence-electron chi connectivity index (χ3n) is 4.84. The van der Waals surface area contributed by atoms with Crippen LogP contribution in [-0.2, 0) is 9.59 Å². The van der Waals surface area contributed by atoms with Crippen molar-refractivity contribution in [3.63, 3.8) is 0 Å². The fraction of sp³-hybridized carbons (Fsp3) is 0.556. The number of fused-ring (bicyclic) bond motifs is 1. The predicted octanol–water partition coefficient (Wildman–Crippen LogP) is 1.62. The minimum Gasteiger partial charge on any atom is -0.478 e. The van der Waals surface area contributed by atoms with Crippen molar-refractivity contribution in [1.82, 2.24) is 10.2 Å². The smallest absolute Gasteiger partial charge is 0.266 e. The highest BCUT2D eigenvalue weighted by molar-refractivity contribution is 5.99. The van der Waals surface area contributed by atoms with E-state index in [4.69, 9.17) is 4.74 Å². The molecule has 2 amide bonds. The normalized spacial score (nSPS) is 21.0. The number of hydrogen-bond acceptors (Lipinski definition) is 4. The molecule has 1 aromatic rings. The van der Waals surface area contributed by atoms with Crippen LogP contribution in [0.3, 0.4) is 0 Å². The van der Waals surface area contributed by atoms with Crippen molar-refractivity contribution < 1.29 is 14.3 Å². The van der Waals surface area contributed by atoms with E-state index < -0.39 is 6.10 Å². The minimum atomic E-state index is -0.741. The summed E-state index contributed by atoms with van der Waals surface area (Å²) in [7, 11) is 1.96. The zero-order valence-electron chi connectivity index (χ0n) is 14.1. The first kappa shape index (κ1) is 16.8. The number of anilines is 1. The number of amides is 2. The highest BCUT2D eigenvalue weighted by atomic mass is 16.5. The molecule has 1 saturated heterocycles. The lowest BCUT2D eigenvalue weighted by atomic mass is 9.93. The van der Waals surface area contributed by atoms with Gasteiger partial charge in [-0.25, -0.2) is 0 Å². The van der Waals surface area contributed by atoms with E-state index in [1.807, 2.05) is 24.1 Å². The van der Waals surface area contributed by atoms with E-state index in [1.165, 1.54) is 0 Å². The van der Waals surface area contributed by atoms with Crippen molar-refractivity contribution in [3.8, 4) is 5.75 Å². The molecule has 1 atom stereocenters. The van der Waals surface area contributed by atoms with Gasteiger partial charge in [-0.15, -0.1) is 0 Å². The summed E-state index contributed by atoms with van der Waals surface area (Å²) in [6.45, 7) is 2.57. The van der Waals surface area contributed by atoms with E-state index in [2.05, 4.69) is 10.6 Å². The van der Waals surface area contributed by atoms with Crippen LogP contribution in [0.2, 0.25) is 0 Å². The maximum Gasteiger partial charge on any atom is 0.266 e. The molecule has 0 saturated carbocycles. The highest BCUT2D eigenvalue weighted by Gasteiger charge is 2.32. The van der Waals surface area contributed by atoms with Gasteiger partial charge in [-0.3, -0.25) is 9.59 Å². The second-order valence-corrected chi connectivity index (χ2v) is 6.51. The Kier molecular flexibility index (Phi) is 5.35. The number of likely N-dealkylation sites (tertiary alicyclic amines) is 1. The van der Waals surface area contributed by atoms with Crippen LogP contribution >= 0.6 is 0 Å². The number of ether oxygens (including phenoxy) is 1. The standard InChI is InChI=1S/C18H25N3O3/c1-19-9-6-13-7-10-21(11-8-13)17(22)12-16-18(23)20-14-4-2-3-5-15(14)24-16/h2-5,13,16,19H,6-12H2,1H3,(H,20,23). The third-order valence-corrected chi connectivity index (χ3v) is 4.84. The third kappa shape index (κ3) is 3.87. The highest BCUT2D eigenvalue weighted by Crippen LogP contribution is 2.30. The number of piperidine rings is 1. The molecule has 2 heterocycles. The van der Waals surface area contributed by atoms with E-state index in [1.54, 1.807) is 12.1 Å². The van der Waals surface area contributed by atoms with Gasteiger partial charge >= 0.3 is 0 Å². The van der Waals surface area contributed by atoms with Crippen LogP contribution in [0.5, 0.6) is 5.75 Å². The Bertz CT molecular complexity index is 597. The van der Waals surface area contributed by atoms with Crippen molar-refractivity contribution in [1.29, 1.82) is 0 Å². The number of nitrogens with zero attached hydrogens (tertiary/aromatic N) is 1. The number of para-hydroxylation sites is 2. The summed E-state index contributed by atoms with van der Waals surface area (Å²) in [6, 6.07) is 7.29. The van der Waals surface area contributed by atoms with Gasteiger partial charge in [-0.05, 0) is 50.9 Å². The van der Waals surface area contributed by atoms with Crippen LogP contribution in [0.4, 0.5) is 5.69 Å².